The summed E-state index contributed by atoms with van der Waals surface area (Å²) in [6, 6.07) is 8.08. The minimum Gasteiger partial charge on any atom is -0.478 e. The quantitative estimate of drug-likeness (QED) is 0.0247. The Labute approximate surface area is 294 Å². The lowest BCUT2D eigenvalue weighted by atomic mass is 9.92. The standard InChI is InChI=1S/C30H27N5O14S3/c31-20-6-4-17-24(16-3-2-15(14-19(16)30(39)40)29(38)33-11-12-35-22(36)8-9-23(35)37)18-5-7-21(32)28(52(46,47)48)26(18)49-25(17)27(20)51(44,45)34-10-1-13-50(41,42)43/h2-9,14,34H,1,10-13,31-32H2,(H3-,33,38,39,40,41,42,43,46,47,48)/p+1. The highest BCUT2D eigenvalue weighted by molar-refractivity contribution is 7.90. The minimum atomic E-state index is -5.20. The Balaban J connectivity index is 1.71. The second kappa shape index (κ2) is 13.9. The first-order valence-electron chi connectivity index (χ1n) is 14.7. The van der Waals surface area contributed by atoms with Crippen LogP contribution in [-0.4, -0.2) is 93.4 Å². The van der Waals surface area contributed by atoms with E-state index in [0.717, 1.165) is 35.3 Å². The van der Waals surface area contributed by atoms with Crippen LogP contribution in [0.25, 0.3) is 33.1 Å². The number of benzene rings is 3. The van der Waals surface area contributed by atoms with Gasteiger partial charge in [-0.05, 0) is 48.4 Å². The zero-order valence-electron chi connectivity index (χ0n) is 26.4. The van der Waals surface area contributed by atoms with Crippen molar-refractivity contribution in [3.8, 4) is 11.1 Å². The average Bonchev–Trinajstić information content (AvgIpc) is 3.36. The summed E-state index contributed by atoms with van der Waals surface area (Å²) in [6.07, 6.45) is 1.76. The zero-order valence-corrected chi connectivity index (χ0v) is 28.8. The van der Waals surface area contributed by atoms with E-state index in [4.69, 9.17) is 20.4 Å². The second-order valence-electron chi connectivity index (χ2n) is 11.2. The molecule has 0 unspecified atom stereocenters. The van der Waals surface area contributed by atoms with E-state index in [2.05, 4.69) is 10.0 Å². The first-order valence-corrected chi connectivity index (χ1v) is 19.3. The van der Waals surface area contributed by atoms with Crippen molar-refractivity contribution in [1.82, 2.24) is 14.9 Å². The van der Waals surface area contributed by atoms with E-state index >= 15 is 0 Å². The van der Waals surface area contributed by atoms with Crippen LogP contribution in [0, 0.1) is 0 Å². The van der Waals surface area contributed by atoms with Crippen LogP contribution < -0.4 is 21.5 Å². The molecule has 274 valence electrons. The molecule has 19 nitrogen and oxygen atoms in total. The third-order valence-electron chi connectivity index (χ3n) is 7.73. The van der Waals surface area contributed by atoms with Gasteiger partial charge in [0, 0.05) is 42.9 Å². The highest BCUT2D eigenvalue weighted by atomic mass is 32.2. The Hall–Kier alpha value is -5.52. The van der Waals surface area contributed by atoms with E-state index in [9.17, 15) is 54.1 Å². The van der Waals surface area contributed by atoms with E-state index in [1.165, 1.54) is 24.3 Å². The molecule has 5 rings (SSSR count). The van der Waals surface area contributed by atoms with E-state index in [0.29, 0.717) is 0 Å². The first kappa shape index (κ1) is 37.7. The van der Waals surface area contributed by atoms with Crippen molar-refractivity contribution < 1.29 is 63.1 Å². The molecular weight excluding hydrogens is 751 g/mol. The molecule has 0 radical (unpaired) electrons. The number of carbonyl (C=O) groups is 4. The maximum absolute atomic E-state index is 13.6. The van der Waals surface area contributed by atoms with E-state index in [1.807, 2.05) is 0 Å². The number of carbonyl (C=O) groups excluding carboxylic acids is 3. The summed E-state index contributed by atoms with van der Waals surface area (Å²) in [7, 11) is -14.4. The number of carboxylic acid groups (broad SMARTS) is 1. The molecular formula is C30H28N5O14S3+. The summed E-state index contributed by atoms with van der Waals surface area (Å²) in [4.78, 5) is 48.4. The number of fused-ring (bicyclic) bond motifs is 2. The number of anilines is 2. The molecule has 3 amide bonds. The minimum absolute atomic E-state index is 0.140. The predicted octanol–water partition coefficient (Wildman–Crippen LogP) is 0.854. The number of nitrogens with zero attached hydrogens (tertiary/aromatic N) is 1. The van der Waals surface area contributed by atoms with Crippen LogP contribution in [0.2, 0.25) is 0 Å². The number of nitrogen functional groups attached to an aromatic ring is 2. The van der Waals surface area contributed by atoms with E-state index in [-0.39, 0.29) is 47.0 Å². The average molecular weight is 779 g/mol. The van der Waals surface area contributed by atoms with Crippen LogP contribution >= 0.6 is 0 Å². The van der Waals surface area contributed by atoms with Crippen LogP contribution in [0.15, 0.2) is 68.8 Å². The molecule has 1 aromatic heterocycles. The summed E-state index contributed by atoms with van der Waals surface area (Å²) < 4.78 is 102. The van der Waals surface area contributed by atoms with Crippen molar-refractivity contribution in [1.29, 1.82) is 0 Å². The van der Waals surface area contributed by atoms with Gasteiger partial charge in [-0.3, -0.25) is 28.4 Å². The van der Waals surface area contributed by atoms with Crippen LogP contribution in [-0.2, 0) is 39.8 Å². The molecule has 9 N–H and O–H groups in total. The molecule has 0 saturated heterocycles. The molecule has 2 heterocycles. The van der Waals surface area contributed by atoms with Gasteiger partial charge in [-0.25, -0.2) is 22.4 Å². The number of aromatic carboxylic acids is 1. The van der Waals surface area contributed by atoms with Gasteiger partial charge >= 0.3 is 27.3 Å². The van der Waals surface area contributed by atoms with Gasteiger partial charge < -0.3 is 21.9 Å². The first-order chi connectivity index (χ1) is 24.2. The fourth-order valence-electron chi connectivity index (χ4n) is 5.48. The number of sulfonamides is 1. The topological polar surface area (TPSA) is 322 Å². The van der Waals surface area contributed by atoms with E-state index in [1.54, 1.807) is 0 Å². The van der Waals surface area contributed by atoms with Crippen molar-refractivity contribution in [2.24, 2.45) is 0 Å². The van der Waals surface area contributed by atoms with Crippen LogP contribution in [0.5, 0.6) is 0 Å². The SMILES string of the molecule is Nc1ccc2c(-c3ccc(C(=O)NCCN4C(=O)C=CC4=O)cc3C(=O)O)c3ccc(N)c(S(=O)(=O)NCCCS(=O)(=O)O)c3[o+]c2c1S(=O)(=O)O. The molecule has 0 fully saturated rings. The van der Waals surface area contributed by atoms with Crippen molar-refractivity contribution in [2.75, 3.05) is 36.9 Å². The molecule has 22 heteroatoms. The Kier molecular flexibility index (Phi) is 10.1. The van der Waals surface area contributed by atoms with Crippen LogP contribution in [0.4, 0.5) is 11.4 Å². The fourth-order valence-corrected chi connectivity index (χ4v) is 8.07. The predicted molar refractivity (Wildman–Crippen MR) is 184 cm³/mol. The third-order valence-corrected chi connectivity index (χ3v) is 11.0. The van der Waals surface area contributed by atoms with Gasteiger partial charge in [0.2, 0.25) is 9.79 Å². The largest absolute Gasteiger partial charge is 0.478 e. The molecule has 0 aliphatic carbocycles. The summed E-state index contributed by atoms with van der Waals surface area (Å²) in [5, 5.41) is 12.5. The van der Waals surface area contributed by atoms with Crippen molar-refractivity contribution in [3.63, 3.8) is 0 Å². The van der Waals surface area contributed by atoms with Gasteiger partial charge in [0.05, 0.1) is 33.5 Å². The highest BCUT2D eigenvalue weighted by Gasteiger charge is 2.37. The Morgan fingerprint density at radius 2 is 1.38 bits per heavy atom. The number of hydrogen-bond donors (Lipinski definition) is 7. The molecule has 3 aromatic carbocycles. The van der Waals surface area contributed by atoms with Crippen LogP contribution in [0.3, 0.4) is 0 Å². The second-order valence-corrected chi connectivity index (χ2v) is 15.8. The summed E-state index contributed by atoms with van der Waals surface area (Å²) in [6.45, 7) is -0.870. The van der Waals surface area contributed by atoms with E-state index < -0.39 is 104 Å². The molecule has 0 bridgehead atoms. The lowest BCUT2D eigenvalue weighted by molar-refractivity contribution is -0.136. The Morgan fingerprint density at radius 3 is 1.94 bits per heavy atom. The van der Waals surface area contributed by atoms with Crippen molar-refractivity contribution in [3.05, 3.63) is 65.7 Å². The van der Waals surface area contributed by atoms with Gasteiger partial charge in [0.25, 0.3) is 37.9 Å². The number of amides is 3. The maximum Gasteiger partial charge on any atom is 0.384 e. The van der Waals surface area contributed by atoms with Crippen LogP contribution in [0.1, 0.15) is 27.1 Å². The van der Waals surface area contributed by atoms with Gasteiger partial charge in [0.1, 0.15) is 0 Å². The van der Waals surface area contributed by atoms with Gasteiger partial charge in [-0.1, -0.05) is 6.07 Å². The Bertz CT molecular complexity index is 2570. The van der Waals surface area contributed by atoms with Gasteiger partial charge in [0.15, 0.2) is 0 Å². The monoisotopic (exact) mass is 778 g/mol. The van der Waals surface area contributed by atoms with Gasteiger partial charge in [-0.15, -0.1) is 0 Å². The molecule has 0 spiro atoms. The van der Waals surface area contributed by atoms with Gasteiger partial charge in [-0.2, -0.15) is 16.8 Å². The summed E-state index contributed by atoms with van der Waals surface area (Å²) in [5.74, 6) is -4.31. The molecule has 4 aromatic rings. The molecule has 1 aliphatic rings. The molecule has 1 aliphatic heterocycles. The number of nitrogens with two attached hydrogens (primary N) is 2. The number of rotatable bonds is 13. The molecule has 0 saturated carbocycles. The normalized spacial score (nSPS) is 13.7. The van der Waals surface area contributed by atoms with Crippen molar-refractivity contribution >= 4 is 87.3 Å². The number of nitrogens with one attached hydrogen (secondary N) is 2. The number of carboxylic acids is 1. The molecule has 0 atom stereocenters. The lowest BCUT2D eigenvalue weighted by Gasteiger charge is -2.15. The number of imide groups is 1. The molecule has 52 heavy (non-hydrogen) atoms. The smallest absolute Gasteiger partial charge is 0.384 e. The third kappa shape index (κ3) is 7.56. The lowest BCUT2D eigenvalue weighted by Crippen LogP contribution is -2.38. The van der Waals surface area contributed by atoms with Crippen molar-refractivity contribution in [2.45, 2.75) is 16.2 Å². The zero-order chi connectivity index (χ0) is 38.3. The summed E-state index contributed by atoms with van der Waals surface area (Å²) >= 11 is 0. The maximum atomic E-state index is 13.6. The fraction of sp³-hybridized carbons (Fsp3) is 0.167. The Morgan fingerprint density at radius 1 is 0.808 bits per heavy atom. The summed E-state index contributed by atoms with van der Waals surface area (Å²) in [5.41, 5.74) is 8.62. The highest BCUT2D eigenvalue weighted by Crippen LogP contribution is 2.44. The number of hydrogen-bond acceptors (Lipinski definition) is 12.